The van der Waals surface area contributed by atoms with E-state index in [0.717, 1.165) is 50.4 Å². The predicted octanol–water partition coefficient (Wildman–Crippen LogP) is 7.66. The molecule has 0 fully saturated rings. The van der Waals surface area contributed by atoms with Gasteiger partial charge in [0.1, 0.15) is 5.75 Å². The maximum Gasteiger partial charge on any atom is 0.121 e. The highest BCUT2D eigenvalue weighted by molar-refractivity contribution is 6.09. The van der Waals surface area contributed by atoms with Gasteiger partial charge in [0.2, 0.25) is 0 Å². The van der Waals surface area contributed by atoms with Crippen molar-refractivity contribution < 1.29 is 4.74 Å². The minimum absolute atomic E-state index is 0.748. The minimum atomic E-state index is 0.748. The Hall–Kier alpha value is -3.86. The monoisotopic (exact) mass is 476 g/mol. The van der Waals surface area contributed by atoms with Crippen molar-refractivity contribution in [2.24, 2.45) is 0 Å². The number of hydrogen-bond acceptors (Lipinski definition) is 3. The van der Waals surface area contributed by atoms with Crippen LogP contribution in [0.15, 0.2) is 73.2 Å². The molecule has 0 amide bonds. The summed E-state index contributed by atoms with van der Waals surface area (Å²) in [5.41, 5.74) is 6.06. The molecule has 6 rings (SSSR count). The van der Waals surface area contributed by atoms with Gasteiger partial charge < -0.3 is 13.9 Å². The highest BCUT2D eigenvalue weighted by atomic mass is 16.5. The summed E-state index contributed by atoms with van der Waals surface area (Å²) in [6, 6.07) is 19.4. The molecule has 0 aliphatic carbocycles. The highest BCUT2D eigenvalue weighted by Crippen LogP contribution is 2.33. The molecule has 0 saturated heterocycles. The van der Waals surface area contributed by atoms with E-state index >= 15 is 0 Å². The quantitative estimate of drug-likeness (QED) is 0.201. The Morgan fingerprint density at radius 3 is 2.47 bits per heavy atom. The lowest BCUT2D eigenvalue weighted by Crippen LogP contribution is -2.00. The summed E-state index contributed by atoms with van der Waals surface area (Å²) in [7, 11) is 0. The first-order valence-corrected chi connectivity index (χ1v) is 13.1. The van der Waals surface area contributed by atoms with Crippen LogP contribution in [0.2, 0.25) is 0 Å². The van der Waals surface area contributed by atoms with Crippen LogP contribution in [0.25, 0.3) is 43.6 Å². The van der Waals surface area contributed by atoms with E-state index in [9.17, 15) is 0 Å². The van der Waals surface area contributed by atoms with Gasteiger partial charge in [-0.15, -0.1) is 0 Å². The van der Waals surface area contributed by atoms with Crippen molar-refractivity contribution in [1.29, 1.82) is 0 Å². The lowest BCUT2D eigenvalue weighted by molar-refractivity contribution is 0.304. The van der Waals surface area contributed by atoms with E-state index in [4.69, 9.17) is 4.74 Å². The molecular formula is C31H32N4O. The van der Waals surface area contributed by atoms with Gasteiger partial charge in [-0.2, -0.15) is 0 Å². The molecule has 0 radical (unpaired) electrons. The van der Waals surface area contributed by atoms with Crippen LogP contribution < -0.4 is 4.74 Å². The van der Waals surface area contributed by atoms with Crippen LogP contribution in [0, 0.1) is 6.92 Å². The smallest absolute Gasteiger partial charge is 0.121 e. The molecule has 0 unspecified atom stereocenters. The van der Waals surface area contributed by atoms with Crippen molar-refractivity contribution in [3.05, 3.63) is 78.9 Å². The molecule has 6 aromatic rings. The molecule has 0 bridgehead atoms. The number of ether oxygens (including phenoxy) is 1. The van der Waals surface area contributed by atoms with Crippen molar-refractivity contribution >= 4 is 43.6 Å². The first-order valence-electron chi connectivity index (χ1n) is 13.1. The molecule has 4 aromatic heterocycles. The van der Waals surface area contributed by atoms with Gasteiger partial charge in [0, 0.05) is 58.6 Å². The third-order valence-corrected chi connectivity index (χ3v) is 7.36. The number of rotatable bonds is 9. The molecule has 36 heavy (non-hydrogen) atoms. The fourth-order valence-corrected chi connectivity index (χ4v) is 5.67. The normalized spacial score (nSPS) is 11.8. The van der Waals surface area contributed by atoms with E-state index < -0.39 is 0 Å². The van der Waals surface area contributed by atoms with Gasteiger partial charge in [0.25, 0.3) is 0 Å². The molecule has 0 spiro atoms. The second kappa shape index (κ2) is 9.65. The standard InChI is InChI=1S/C31H32N4O/c1-3-34-29-20-23(12-13-25(29)27-15-17-33-22(2)31(27)34)36-19-9-5-4-8-18-35-28-11-7-6-10-24(28)26-14-16-32-21-30(26)35/h6-7,10-17,20-21H,3-5,8-9,18-19H2,1-2H3. The molecule has 4 heterocycles. The topological polar surface area (TPSA) is 44.9 Å². The van der Waals surface area contributed by atoms with Crippen molar-refractivity contribution in [3.8, 4) is 5.75 Å². The van der Waals surface area contributed by atoms with Crippen LogP contribution >= 0.6 is 0 Å². The molecule has 5 nitrogen and oxygen atoms in total. The van der Waals surface area contributed by atoms with Crippen LogP contribution in [0.3, 0.4) is 0 Å². The Bertz CT molecular complexity index is 1620. The van der Waals surface area contributed by atoms with Gasteiger partial charge in [-0.3, -0.25) is 9.97 Å². The number of benzene rings is 2. The molecule has 0 aliphatic heterocycles. The number of hydrogen-bond donors (Lipinski definition) is 0. The van der Waals surface area contributed by atoms with Gasteiger partial charge in [0.15, 0.2) is 0 Å². The lowest BCUT2D eigenvalue weighted by Gasteiger charge is -2.09. The van der Waals surface area contributed by atoms with Gasteiger partial charge in [-0.25, -0.2) is 0 Å². The Labute approximate surface area is 211 Å². The van der Waals surface area contributed by atoms with Gasteiger partial charge in [-0.05, 0) is 57.0 Å². The van der Waals surface area contributed by atoms with Gasteiger partial charge >= 0.3 is 0 Å². The number of unbranched alkanes of at least 4 members (excludes halogenated alkanes) is 3. The second-order valence-corrected chi connectivity index (χ2v) is 9.54. The minimum Gasteiger partial charge on any atom is -0.494 e. The van der Waals surface area contributed by atoms with Crippen molar-refractivity contribution in [1.82, 2.24) is 19.1 Å². The summed E-state index contributed by atoms with van der Waals surface area (Å²) in [6.07, 6.45) is 10.3. The van der Waals surface area contributed by atoms with E-state index in [0.29, 0.717) is 0 Å². The van der Waals surface area contributed by atoms with E-state index in [1.807, 2.05) is 18.6 Å². The molecular weight excluding hydrogens is 444 g/mol. The van der Waals surface area contributed by atoms with Crippen LogP contribution in [-0.2, 0) is 13.1 Å². The summed E-state index contributed by atoms with van der Waals surface area (Å²) < 4.78 is 10.9. The molecule has 5 heteroatoms. The zero-order valence-corrected chi connectivity index (χ0v) is 21.1. The number of pyridine rings is 2. The molecule has 0 aliphatic rings. The average Bonchev–Trinajstić information content (AvgIpc) is 3.41. The zero-order valence-electron chi connectivity index (χ0n) is 21.1. The number of nitrogens with zero attached hydrogens (tertiary/aromatic N) is 4. The Kier molecular flexibility index (Phi) is 6.06. The Morgan fingerprint density at radius 2 is 1.56 bits per heavy atom. The molecule has 2 aromatic carbocycles. The van der Waals surface area contributed by atoms with E-state index in [1.165, 1.54) is 50.0 Å². The number of para-hydroxylation sites is 1. The summed E-state index contributed by atoms with van der Waals surface area (Å²) >= 11 is 0. The first kappa shape index (κ1) is 22.6. The lowest BCUT2D eigenvalue weighted by atomic mass is 10.1. The zero-order chi connectivity index (χ0) is 24.5. The average molecular weight is 477 g/mol. The van der Waals surface area contributed by atoms with Crippen LogP contribution in [0.1, 0.15) is 38.3 Å². The summed E-state index contributed by atoms with van der Waals surface area (Å²) in [6.45, 7) is 6.95. The third kappa shape index (κ3) is 3.89. The second-order valence-electron chi connectivity index (χ2n) is 9.54. The first-order chi connectivity index (χ1) is 17.8. The van der Waals surface area contributed by atoms with Crippen LogP contribution in [0.5, 0.6) is 5.75 Å². The maximum atomic E-state index is 6.17. The summed E-state index contributed by atoms with van der Waals surface area (Å²) in [5.74, 6) is 0.948. The van der Waals surface area contributed by atoms with E-state index in [2.05, 4.69) is 87.5 Å². The molecule has 182 valence electrons. The fourth-order valence-electron chi connectivity index (χ4n) is 5.67. The number of fused-ring (bicyclic) bond motifs is 6. The van der Waals surface area contributed by atoms with Crippen molar-refractivity contribution in [2.75, 3.05) is 6.61 Å². The fraction of sp³-hybridized carbons (Fsp3) is 0.290. The summed E-state index contributed by atoms with van der Waals surface area (Å²) in [4.78, 5) is 8.88. The largest absolute Gasteiger partial charge is 0.494 e. The molecule has 0 atom stereocenters. The Balaban J connectivity index is 1.06. The van der Waals surface area contributed by atoms with E-state index in [1.54, 1.807) is 0 Å². The van der Waals surface area contributed by atoms with E-state index in [-0.39, 0.29) is 0 Å². The van der Waals surface area contributed by atoms with Crippen molar-refractivity contribution in [3.63, 3.8) is 0 Å². The van der Waals surface area contributed by atoms with Crippen LogP contribution in [-0.4, -0.2) is 25.7 Å². The number of aromatic nitrogens is 4. The summed E-state index contributed by atoms with van der Waals surface area (Å²) in [5, 5.41) is 5.14. The van der Waals surface area contributed by atoms with Crippen molar-refractivity contribution in [2.45, 2.75) is 52.6 Å². The van der Waals surface area contributed by atoms with Crippen LogP contribution in [0.4, 0.5) is 0 Å². The SMILES string of the molecule is CCn1c2cc(OCCCCCCn3c4ccccc4c4ccncc43)ccc2c2ccnc(C)c21. The molecule has 0 saturated carbocycles. The number of aryl methyl sites for hydroxylation is 3. The third-order valence-electron chi connectivity index (χ3n) is 7.36. The Morgan fingerprint density at radius 1 is 0.750 bits per heavy atom. The van der Waals surface area contributed by atoms with Gasteiger partial charge in [0.05, 0.1) is 35.0 Å². The molecule has 0 N–H and O–H groups in total. The maximum absolute atomic E-state index is 6.17. The highest BCUT2D eigenvalue weighted by Gasteiger charge is 2.13. The predicted molar refractivity (Wildman–Crippen MR) is 149 cm³/mol. The van der Waals surface area contributed by atoms with Gasteiger partial charge in [-0.1, -0.05) is 31.0 Å².